The minimum absolute atomic E-state index is 0.0668. The second-order valence-corrected chi connectivity index (χ2v) is 10.8. The molecular weight excluding hydrogens is 515 g/mol. The molecule has 0 saturated heterocycles. The van der Waals surface area contributed by atoms with Crippen molar-refractivity contribution in [1.29, 1.82) is 0 Å². The maximum absolute atomic E-state index is 15.5. The molecule has 3 heterocycles. The van der Waals surface area contributed by atoms with Crippen LogP contribution in [0.25, 0.3) is 16.9 Å². The lowest BCUT2D eigenvalue weighted by Gasteiger charge is -2.28. The number of halogens is 1. The molecule has 208 valence electrons. The lowest BCUT2D eigenvalue weighted by molar-refractivity contribution is -0.160. The maximum atomic E-state index is 15.5. The zero-order valence-electron chi connectivity index (χ0n) is 23.0. The molecule has 4 aromatic rings. The number of aromatic nitrogens is 3. The van der Waals surface area contributed by atoms with Gasteiger partial charge in [0, 0.05) is 34.1 Å². The lowest BCUT2D eigenvalue weighted by Crippen LogP contribution is -2.29. The first kappa shape index (κ1) is 27.3. The van der Waals surface area contributed by atoms with Gasteiger partial charge in [0.15, 0.2) is 29.0 Å². The van der Waals surface area contributed by atoms with Crippen LogP contribution in [0, 0.1) is 19.7 Å². The highest BCUT2D eigenvalue weighted by atomic mass is 19.1. The van der Waals surface area contributed by atoms with E-state index >= 15 is 4.39 Å². The fourth-order valence-corrected chi connectivity index (χ4v) is 5.02. The number of benzene rings is 2. The summed E-state index contributed by atoms with van der Waals surface area (Å²) in [5.41, 5.74) is 2.90. The molecule has 40 heavy (non-hydrogen) atoms. The van der Waals surface area contributed by atoms with Gasteiger partial charge in [0.2, 0.25) is 0 Å². The summed E-state index contributed by atoms with van der Waals surface area (Å²) in [5.74, 6) is -2.04. The Balaban J connectivity index is 1.78. The number of rotatable bonds is 6. The number of fused-ring (bicyclic) bond motifs is 2. The van der Waals surface area contributed by atoms with Crippen LogP contribution in [0.15, 0.2) is 42.5 Å². The first-order valence-corrected chi connectivity index (χ1v) is 13.1. The van der Waals surface area contributed by atoms with Crippen LogP contribution in [-0.4, -0.2) is 43.8 Å². The van der Waals surface area contributed by atoms with Crippen LogP contribution in [0.2, 0.25) is 0 Å². The minimum Gasteiger partial charge on any atom is -0.490 e. The Morgan fingerprint density at radius 1 is 1.18 bits per heavy atom. The summed E-state index contributed by atoms with van der Waals surface area (Å²) in [6.45, 7) is 9.21. The Kier molecular flexibility index (Phi) is 7.05. The van der Waals surface area contributed by atoms with Crippen molar-refractivity contribution in [3.8, 4) is 17.0 Å². The van der Waals surface area contributed by atoms with Crippen molar-refractivity contribution in [1.82, 2.24) is 14.6 Å². The molecule has 2 aromatic heterocycles. The number of aryl methyl sites for hydroxylation is 1. The Morgan fingerprint density at radius 3 is 2.58 bits per heavy atom. The van der Waals surface area contributed by atoms with Crippen molar-refractivity contribution in [2.45, 2.75) is 59.2 Å². The van der Waals surface area contributed by atoms with Gasteiger partial charge in [-0.25, -0.2) is 18.7 Å². The number of nitrogens with zero attached hydrogens (tertiary/aromatic N) is 3. The smallest absolute Gasteiger partial charge is 0.337 e. The average molecular weight is 547 g/mol. The number of para-hydroxylation sites is 1. The number of nitrogens with one attached hydrogen (secondary N) is 1. The number of aliphatic carboxylic acids is 1. The minimum atomic E-state index is -1.44. The number of ether oxygens (including phenoxy) is 2. The van der Waals surface area contributed by atoms with Crippen molar-refractivity contribution < 1.29 is 28.6 Å². The molecule has 1 aliphatic heterocycles. The predicted molar refractivity (Wildman–Crippen MR) is 147 cm³/mol. The van der Waals surface area contributed by atoms with Crippen LogP contribution in [0.5, 0.6) is 5.75 Å². The largest absolute Gasteiger partial charge is 0.490 e. The second-order valence-electron chi connectivity index (χ2n) is 10.8. The molecule has 9 nitrogen and oxygen atoms in total. The first-order valence-electron chi connectivity index (χ1n) is 13.1. The zero-order valence-corrected chi connectivity index (χ0v) is 23.0. The normalized spacial score (nSPS) is 13.9. The van der Waals surface area contributed by atoms with E-state index in [4.69, 9.17) is 9.47 Å². The summed E-state index contributed by atoms with van der Waals surface area (Å²) in [4.78, 5) is 30.3. The molecule has 1 amide bonds. The Bertz CT molecular complexity index is 1630. The number of hydrogen-bond donors (Lipinski definition) is 2. The molecule has 0 bridgehead atoms. The van der Waals surface area contributed by atoms with Gasteiger partial charge in [0.05, 0.1) is 17.9 Å². The van der Waals surface area contributed by atoms with Gasteiger partial charge in [0.1, 0.15) is 0 Å². The van der Waals surface area contributed by atoms with Gasteiger partial charge >= 0.3 is 5.97 Å². The van der Waals surface area contributed by atoms with Crippen molar-refractivity contribution in [3.63, 3.8) is 0 Å². The monoisotopic (exact) mass is 546 g/mol. The summed E-state index contributed by atoms with van der Waals surface area (Å²) in [6.07, 6.45) is -0.100. The molecule has 0 spiro atoms. The molecule has 0 unspecified atom stereocenters. The Hall–Kier alpha value is -4.31. The number of carbonyl (C=O) groups excluding carboxylic acids is 1. The molecule has 1 atom stereocenters. The van der Waals surface area contributed by atoms with E-state index in [0.717, 1.165) is 12.0 Å². The number of amides is 1. The molecule has 0 saturated carbocycles. The summed E-state index contributed by atoms with van der Waals surface area (Å²) in [7, 11) is 0. The second kappa shape index (κ2) is 10.3. The SMILES string of the molecule is Cc1nc2cc(C(=O)Nc3ccccc3)nn2c(-c2cc(F)c3c(c2C)CCCO3)c1[C@H](OC(C)(C)C)C(=O)O. The maximum Gasteiger partial charge on any atom is 0.337 e. The average Bonchev–Trinajstić information content (AvgIpc) is 3.33. The zero-order chi connectivity index (χ0) is 28.8. The predicted octanol–water partition coefficient (Wildman–Crippen LogP) is 5.67. The fourth-order valence-electron chi connectivity index (χ4n) is 5.02. The number of carboxylic acids is 1. The van der Waals surface area contributed by atoms with Gasteiger partial charge in [-0.15, -0.1) is 0 Å². The van der Waals surface area contributed by atoms with E-state index in [1.807, 2.05) is 13.0 Å². The lowest BCUT2D eigenvalue weighted by atomic mass is 9.91. The molecule has 2 N–H and O–H groups in total. The highest BCUT2D eigenvalue weighted by Gasteiger charge is 2.35. The molecule has 0 radical (unpaired) electrons. The van der Waals surface area contributed by atoms with Gasteiger partial charge < -0.3 is 19.9 Å². The number of carbonyl (C=O) groups is 2. The van der Waals surface area contributed by atoms with Crippen molar-refractivity contribution in [3.05, 3.63) is 76.4 Å². The third-order valence-corrected chi connectivity index (χ3v) is 6.74. The molecule has 0 fully saturated rings. The molecular formula is C30H31FN4O5. The standard InChI is InChI=1S/C30H31FN4O5/c1-16-19-12-9-13-39-26(19)21(31)14-20(16)25-24(27(29(37)38)40-30(3,4)5)17(2)32-23-15-22(34-35(23)25)28(36)33-18-10-7-6-8-11-18/h6-8,10-11,14-15,27H,9,12-13H2,1-5H3,(H,33,36)(H,37,38)/t27-/m0/s1. The van der Waals surface area contributed by atoms with Crippen molar-refractivity contribution in [2.75, 3.05) is 11.9 Å². The summed E-state index contributed by atoms with van der Waals surface area (Å²) < 4.78 is 28.5. The van der Waals surface area contributed by atoms with Crippen LogP contribution in [-0.2, 0) is 16.0 Å². The van der Waals surface area contributed by atoms with Crippen LogP contribution in [0.3, 0.4) is 0 Å². The van der Waals surface area contributed by atoms with E-state index in [9.17, 15) is 14.7 Å². The van der Waals surface area contributed by atoms with Crippen LogP contribution in [0.1, 0.15) is 66.2 Å². The number of anilines is 1. The summed E-state index contributed by atoms with van der Waals surface area (Å²) in [5, 5.41) is 17.6. The quantitative estimate of drug-likeness (QED) is 0.320. The van der Waals surface area contributed by atoms with Crippen LogP contribution >= 0.6 is 0 Å². The first-order chi connectivity index (χ1) is 18.9. The highest BCUT2D eigenvalue weighted by molar-refractivity contribution is 6.03. The van der Waals surface area contributed by atoms with E-state index in [0.29, 0.717) is 46.9 Å². The molecule has 2 aromatic carbocycles. The van der Waals surface area contributed by atoms with Gasteiger partial charge in [-0.3, -0.25) is 4.79 Å². The van der Waals surface area contributed by atoms with E-state index in [-0.39, 0.29) is 17.0 Å². The van der Waals surface area contributed by atoms with Crippen molar-refractivity contribution >= 4 is 23.2 Å². The highest BCUT2D eigenvalue weighted by Crippen LogP contribution is 2.41. The number of hydrogen-bond acceptors (Lipinski definition) is 6. The van der Waals surface area contributed by atoms with Crippen LogP contribution < -0.4 is 10.1 Å². The van der Waals surface area contributed by atoms with Gasteiger partial charge in [-0.2, -0.15) is 5.10 Å². The number of carboxylic acid groups (broad SMARTS) is 1. The van der Waals surface area contributed by atoms with Gasteiger partial charge in [-0.1, -0.05) is 18.2 Å². The third kappa shape index (κ3) is 5.14. The van der Waals surface area contributed by atoms with E-state index in [1.165, 1.54) is 16.6 Å². The van der Waals surface area contributed by atoms with E-state index < -0.39 is 29.4 Å². The van der Waals surface area contributed by atoms with Crippen LogP contribution in [0.4, 0.5) is 10.1 Å². The summed E-state index contributed by atoms with van der Waals surface area (Å²) >= 11 is 0. The topological polar surface area (TPSA) is 115 Å². The van der Waals surface area contributed by atoms with E-state index in [1.54, 1.807) is 52.0 Å². The van der Waals surface area contributed by atoms with Crippen molar-refractivity contribution in [2.24, 2.45) is 0 Å². The molecule has 1 aliphatic rings. The van der Waals surface area contributed by atoms with E-state index in [2.05, 4.69) is 15.4 Å². The molecule has 10 heteroatoms. The summed E-state index contributed by atoms with van der Waals surface area (Å²) in [6, 6.07) is 11.8. The molecule has 5 rings (SSSR count). The third-order valence-electron chi connectivity index (χ3n) is 6.74. The Labute approximate surface area is 231 Å². The van der Waals surface area contributed by atoms with Gasteiger partial charge in [-0.05, 0) is 71.2 Å². The van der Waals surface area contributed by atoms with Gasteiger partial charge in [0.25, 0.3) is 5.91 Å². The fraction of sp³-hybridized carbons (Fsp3) is 0.333. The Morgan fingerprint density at radius 2 is 1.90 bits per heavy atom. The molecule has 0 aliphatic carbocycles.